The summed E-state index contributed by atoms with van der Waals surface area (Å²) in [6.07, 6.45) is 1.99. The van der Waals surface area contributed by atoms with Gasteiger partial charge in [-0.3, -0.25) is 4.79 Å². The molecule has 0 heterocycles. The average Bonchev–Trinajstić information content (AvgIpc) is 2.66. The number of benzene rings is 2. The molecular weight excluding hydrogens is 382 g/mol. The summed E-state index contributed by atoms with van der Waals surface area (Å²) in [6.45, 7) is 13.1. The minimum Gasteiger partial charge on any atom is -0.539 e. The molecule has 3 nitrogen and oxygen atoms in total. The highest BCUT2D eigenvalue weighted by Crippen LogP contribution is 2.41. The molecular formula is C23H31NO2SSi. The van der Waals surface area contributed by atoms with Crippen LogP contribution in [0.1, 0.15) is 38.1 Å². The molecule has 150 valence electrons. The number of para-hydroxylation sites is 1. The maximum atomic E-state index is 13.1. The normalized spacial score (nSPS) is 12.6. The van der Waals surface area contributed by atoms with Crippen LogP contribution in [0, 0.1) is 0 Å². The van der Waals surface area contributed by atoms with E-state index >= 15 is 0 Å². The molecule has 5 heteroatoms. The fourth-order valence-corrected chi connectivity index (χ4v) is 4.80. The van der Waals surface area contributed by atoms with E-state index in [9.17, 15) is 4.79 Å². The molecule has 0 atom stereocenters. The van der Waals surface area contributed by atoms with Gasteiger partial charge in [0.05, 0.1) is 5.56 Å². The fourth-order valence-electron chi connectivity index (χ4n) is 2.33. The Kier molecular flexibility index (Phi) is 7.18. The van der Waals surface area contributed by atoms with Gasteiger partial charge in [0.25, 0.3) is 14.2 Å². The molecule has 2 aromatic rings. The molecule has 0 radical (unpaired) electrons. The molecule has 2 rings (SSSR count). The zero-order chi connectivity index (χ0) is 20.9. The van der Waals surface area contributed by atoms with Crippen LogP contribution >= 0.6 is 11.8 Å². The highest BCUT2D eigenvalue weighted by Gasteiger charge is 2.39. The summed E-state index contributed by atoms with van der Waals surface area (Å²) in [5, 5.41) is 0.972. The number of allylic oxidation sites excluding steroid dienone is 1. The van der Waals surface area contributed by atoms with Crippen molar-refractivity contribution >= 4 is 31.7 Å². The van der Waals surface area contributed by atoms with Crippen LogP contribution in [0.2, 0.25) is 18.1 Å². The van der Waals surface area contributed by atoms with Gasteiger partial charge in [0.1, 0.15) is 5.09 Å². The lowest BCUT2D eigenvalue weighted by molar-refractivity contribution is 0.0990. The van der Waals surface area contributed by atoms with E-state index in [0.29, 0.717) is 5.56 Å². The van der Waals surface area contributed by atoms with Gasteiger partial charge in [-0.05, 0) is 55.4 Å². The molecule has 1 amide bonds. The first kappa shape index (κ1) is 22.3. The van der Waals surface area contributed by atoms with E-state index in [2.05, 4.69) is 33.9 Å². The molecule has 0 bridgehead atoms. The molecule has 0 spiro atoms. The topological polar surface area (TPSA) is 29.5 Å². The van der Waals surface area contributed by atoms with E-state index in [1.54, 1.807) is 4.90 Å². The Labute approximate surface area is 174 Å². The van der Waals surface area contributed by atoms with Crippen molar-refractivity contribution < 1.29 is 9.22 Å². The zero-order valence-corrected chi connectivity index (χ0v) is 19.8. The molecule has 0 aliphatic rings. The summed E-state index contributed by atoms with van der Waals surface area (Å²) in [5.41, 5.74) is 1.55. The largest absolute Gasteiger partial charge is 0.539 e. The number of amides is 1. The van der Waals surface area contributed by atoms with Crippen LogP contribution in [0.15, 0.2) is 70.7 Å². The van der Waals surface area contributed by atoms with Gasteiger partial charge in [-0.25, -0.2) is 0 Å². The zero-order valence-electron chi connectivity index (χ0n) is 17.9. The number of rotatable bonds is 6. The van der Waals surface area contributed by atoms with Gasteiger partial charge < -0.3 is 9.33 Å². The molecule has 0 fully saturated rings. The maximum absolute atomic E-state index is 13.1. The first-order valence-electron chi connectivity index (χ1n) is 9.52. The minimum absolute atomic E-state index is 0.0305. The van der Waals surface area contributed by atoms with Crippen LogP contribution in [-0.4, -0.2) is 21.3 Å². The third-order valence-corrected chi connectivity index (χ3v) is 10.8. The van der Waals surface area contributed by atoms with Gasteiger partial charge in [0, 0.05) is 17.6 Å². The lowest BCUT2D eigenvalue weighted by Crippen LogP contribution is -2.40. The van der Waals surface area contributed by atoms with Crippen LogP contribution < -0.4 is 4.90 Å². The molecule has 0 aromatic heterocycles. The standard InChI is InChI=1S/C23H31NO2SSi/c1-8-21(26-28(6,7)23(2,3)4)27-20-17-13-12-16-19(20)22(25)24(5)18-14-10-9-11-15-18/h8-17H,1-7H3/b21-8+. The second kappa shape index (κ2) is 9.01. The third kappa shape index (κ3) is 5.30. The van der Waals surface area contributed by atoms with E-state index in [4.69, 9.17) is 4.43 Å². The van der Waals surface area contributed by atoms with E-state index in [1.807, 2.05) is 74.6 Å². The molecule has 0 aliphatic carbocycles. The van der Waals surface area contributed by atoms with Crippen LogP contribution in [-0.2, 0) is 4.43 Å². The molecule has 0 N–H and O–H groups in total. The van der Waals surface area contributed by atoms with Gasteiger partial charge in [-0.15, -0.1) is 0 Å². The van der Waals surface area contributed by atoms with Crippen molar-refractivity contribution in [2.75, 3.05) is 11.9 Å². The molecule has 28 heavy (non-hydrogen) atoms. The lowest BCUT2D eigenvalue weighted by Gasteiger charge is -2.37. The predicted molar refractivity (Wildman–Crippen MR) is 124 cm³/mol. The van der Waals surface area contributed by atoms with Crippen molar-refractivity contribution in [3.05, 3.63) is 71.3 Å². The molecule has 0 saturated heterocycles. The summed E-state index contributed by atoms with van der Waals surface area (Å²) >= 11 is 1.53. The Balaban J connectivity index is 2.27. The Morgan fingerprint density at radius 2 is 1.61 bits per heavy atom. The average molecular weight is 414 g/mol. The van der Waals surface area contributed by atoms with E-state index < -0.39 is 8.32 Å². The summed E-state index contributed by atoms with van der Waals surface area (Å²) < 4.78 is 6.47. The van der Waals surface area contributed by atoms with Gasteiger partial charge in [-0.2, -0.15) is 0 Å². The smallest absolute Gasteiger partial charge is 0.259 e. The molecule has 0 saturated carbocycles. The van der Waals surface area contributed by atoms with Crippen molar-refractivity contribution in [3.63, 3.8) is 0 Å². The van der Waals surface area contributed by atoms with Crippen LogP contribution in [0.3, 0.4) is 0 Å². The summed E-state index contributed by atoms with van der Waals surface area (Å²) in [5.74, 6) is -0.0305. The fraction of sp³-hybridized carbons (Fsp3) is 0.348. The van der Waals surface area contributed by atoms with Gasteiger partial charge in [0.15, 0.2) is 0 Å². The van der Waals surface area contributed by atoms with Gasteiger partial charge >= 0.3 is 0 Å². The Morgan fingerprint density at radius 1 is 1.04 bits per heavy atom. The Morgan fingerprint density at radius 3 is 2.18 bits per heavy atom. The summed E-state index contributed by atoms with van der Waals surface area (Å²) in [6, 6.07) is 17.4. The Hall–Kier alpha value is -1.98. The first-order valence-corrected chi connectivity index (χ1v) is 13.2. The molecule has 2 aromatic carbocycles. The van der Waals surface area contributed by atoms with Crippen molar-refractivity contribution in [2.45, 2.75) is 50.7 Å². The van der Waals surface area contributed by atoms with Crippen molar-refractivity contribution in [3.8, 4) is 0 Å². The predicted octanol–water partition coefficient (Wildman–Crippen LogP) is 6.94. The van der Waals surface area contributed by atoms with Gasteiger partial charge in [0.2, 0.25) is 0 Å². The minimum atomic E-state index is -1.95. The highest BCUT2D eigenvalue weighted by atomic mass is 32.2. The monoisotopic (exact) mass is 413 g/mol. The number of hydrogen-bond acceptors (Lipinski definition) is 3. The van der Waals surface area contributed by atoms with Crippen LogP contribution in [0.4, 0.5) is 5.69 Å². The van der Waals surface area contributed by atoms with Crippen molar-refractivity contribution in [1.82, 2.24) is 0 Å². The second-order valence-corrected chi connectivity index (χ2v) is 14.0. The number of hydrogen-bond donors (Lipinski definition) is 0. The first-order chi connectivity index (χ1) is 13.1. The lowest BCUT2D eigenvalue weighted by atomic mass is 10.2. The SMILES string of the molecule is C/C=C(\O[Si](C)(C)C(C)(C)C)Sc1ccccc1C(=O)N(C)c1ccccc1. The number of nitrogens with zero attached hydrogens (tertiary/aromatic N) is 1. The van der Waals surface area contributed by atoms with Crippen LogP contribution in [0.25, 0.3) is 0 Å². The Bertz CT molecular complexity index is 841. The molecule has 0 unspecified atom stereocenters. The number of carbonyl (C=O) groups excluding carboxylic acids is 1. The van der Waals surface area contributed by atoms with E-state index in [0.717, 1.165) is 15.7 Å². The number of carbonyl (C=O) groups is 1. The summed E-state index contributed by atoms with van der Waals surface area (Å²) in [7, 11) is -0.139. The van der Waals surface area contributed by atoms with Crippen LogP contribution in [0.5, 0.6) is 0 Å². The maximum Gasteiger partial charge on any atom is 0.259 e. The van der Waals surface area contributed by atoms with Gasteiger partial charge in [-0.1, -0.05) is 62.9 Å². The quantitative estimate of drug-likeness (QED) is 0.292. The number of thioether (sulfide) groups is 1. The van der Waals surface area contributed by atoms with Crippen molar-refractivity contribution in [2.24, 2.45) is 0 Å². The highest BCUT2D eigenvalue weighted by molar-refractivity contribution is 8.03. The van der Waals surface area contributed by atoms with E-state index in [1.165, 1.54) is 11.8 Å². The molecule has 0 aliphatic heterocycles. The van der Waals surface area contributed by atoms with Crippen molar-refractivity contribution in [1.29, 1.82) is 0 Å². The number of anilines is 1. The summed E-state index contributed by atoms with van der Waals surface area (Å²) in [4.78, 5) is 15.7. The second-order valence-electron chi connectivity index (χ2n) is 8.27. The third-order valence-electron chi connectivity index (χ3n) is 5.17. The van der Waals surface area contributed by atoms with E-state index in [-0.39, 0.29) is 10.9 Å².